The molecule has 0 unspecified atom stereocenters. The number of benzene rings is 5. The second kappa shape index (κ2) is 8.79. The van der Waals surface area contributed by atoms with Crippen LogP contribution in [-0.2, 0) is 14.4 Å². The molecule has 2 amide bonds. The van der Waals surface area contributed by atoms with Crippen LogP contribution in [-0.4, -0.2) is 24.6 Å². The lowest BCUT2D eigenvalue weighted by atomic mass is 9.64. The van der Waals surface area contributed by atoms with Crippen LogP contribution in [0.25, 0.3) is 27.1 Å². The van der Waals surface area contributed by atoms with Crippen molar-refractivity contribution in [3.05, 3.63) is 114 Å². The third-order valence-electron chi connectivity index (χ3n) is 9.27. The van der Waals surface area contributed by atoms with E-state index in [0.29, 0.717) is 28.5 Å². The van der Waals surface area contributed by atoms with Crippen LogP contribution in [0.15, 0.2) is 103 Å². The lowest BCUT2D eigenvalue weighted by molar-refractivity contribution is -0.142. The summed E-state index contributed by atoms with van der Waals surface area (Å²) < 4.78 is 17.1. The van der Waals surface area contributed by atoms with Crippen molar-refractivity contribution in [2.45, 2.75) is 5.92 Å². The normalized spacial score (nSPS) is 23.6. The van der Waals surface area contributed by atoms with E-state index < -0.39 is 35.5 Å². The first-order valence-electron chi connectivity index (χ1n) is 14.3. The summed E-state index contributed by atoms with van der Waals surface area (Å²) in [5.41, 5.74) is 2.83. The van der Waals surface area contributed by atoms with Crippen molar-refractivity contribution in [1.82, 2.24) is 0 Å². The van der Waals surface area contributed by atoms with E-state index in [-0.39, 0.29) is 12.7 Å². The minimum Gasteiger partial charge on any atom is -0.454 e. The zero-order chi connectivity index (χ0) is 28.8. The van der Waals surface area contributed by atoms with E-state index in [9.17, 15) is 14.4 Å². The monoisotopic (exact) mass is 565 g/mol. The SMILES string of the molecule is O=C1Oc2ccc3ccccc3c2C2=C[C@H](c3ccc4c(c3)OCO4)[C@@H]3C(=O)N(c4cccc5ccccc45)C(=O)[C@@H]3[C@H]12. The van der Waals surface area contributed by atoms with Gasteiger partial charge in [-0.05, 0) is 51.6 Å². The van der Waals surface area contributed by atoms with Gasteiger partial charge in [0.25, 0.3) is 0 Å². The highest BCUT2D eigenvalue weighted by molar-refractivity contribution is 6.27. The van der Waals surface area contributed by atoms with Crippen molar-refractivity contribution in [2.75, 3.05) is 11.7 Å². The van der Waals surface area contributed by atoms with Gasteiger partial charge in [-0.25, -0.2) is 4.90 Å². The number of imide groups is 1. The third kappa shape index (κ3) is 3.33. The second-order valence-electron chi connectivity index (χ2n) is 11.4. The Morgan fingerprint density at radius 3 is 2.21 bits per heavy atom. The Morgan fingerprint density at radius 1 is 0.651 bits per heavy atom. The van der Waals surface area contributed by atoms with Gasteiger partial charge in [0.2, 0.25) is 18.6 Å². The Hall–Kier alpha value is -5.43. The number of anilines is 1. The van der Waals surface area contributed by atoms with E-state index in [1.807, 2.05) is 91.0 Å². The van der Waals surface area contributed by atoms with Gasteiger partial charge in [-0.2, -0.15) is 0 Å². The minimum absolute atomic E-state index is 0.121. The second-order valence-corrected chi connectivity index (χ2v) is 11.4. The average Bonchev–Trinajstić information content (AvgIpc) is 3.61. The molecule has 1 aliphatic carbocycles. The van der Waals surface area contributed by atoms with Crippen LogP contribution in [0.5, 0.6) is 17.2 Å². The number of fused-ring (bicyclic) bond motifs is 9. The zero-order valence-electron chi connectivity index (χ0n) is 22.7. The summed E-state index contributed by atoms with van der Waals surface area (Å²) in [6.07, 6.45) is 2.01. The van der Waals surface area contributed by atoms with Crippen LogP contribution < -0.4 is 19.1 Å². The molecule has 0 N–H and O–H groups in total. The highest BCUT2D eigenvalue weighted by atomic mass is 16.7. The smallest absolute Gasteiger partial charge is 0.319 e. The van der Waals surface area contributed by atoms with Gasteiger partial charge in [0.15, 0.2) is 11.5 Å². The fourth-order valence-electron chi connectivity index (χ4n) is 7.42. The highest BCUT2D eigenvalue weighted by Gasteiger charge is 2.60. The maximum absolute atomic E-state index is 14.6. The molecule has 7 heteroatoms. The molecule has 5 aromatic rings. The molecule has 4 aliphatic rings. The average molecular weight is 566 g/mol. The number of amides is 2. The summed E-state index contributed by atoms with van der Waals surface area (Å²) in [6.45, 7) is 0.121. The molecule has 3 heterocycles. The molecular weight excluding hydrogens is 542 g/mol. The maximum atomic E-state index is 14.6. The van der Waals surface area contributed by atoms with Crippen LogP contribution in [0, 0.1) is 17.8 Å². The summed E-state index contributed by atoms with van der Waals surface area (Å²) in [7, 11) is 0. The van der Waals surface area contributed by atoms with Gasteiger partial charge in [-0.3, -0.25) is 14.4 Å². The van der Waals surface area contributed by atoms with E-state index in [2.05, 4.69) is 0 Å². The van der Waals surface area contributed by atoms with E-state index in [4.69, 9.17) is 14.2 Å². The quantitative estimate of drug-likeness (QED) is 0.143. The molecule has 0 radical (unpaired) electrons. The van der Waals surface area contributed by atoms with Crippen LogP contribution in [0.1, 0.15) is 17.0 Å². The summed E-state index contributed by atoms with van der Waals surface area (Å²) in [5.74, 6) is -2.76. The summed E-state index contributed by atoms with van der Waals surface area (Å²) >= 11 is 0. The van der Waals surface area contributed by atoms with Crippen molar-refractivity contribution in [3.8, 4) is 17.2 Å². The molecule has 1 saturated heterocycles. The van der Waals surface area contributed by atoms with Crippen molar-refractivity contribution < 1.29 is 28.6 Å². The summed E-state index contributed by atoms with van der Waals surface area (Å²) in [5, 5.41) is 3.63. The predicted octanol–water partition coefficient (Wildman–Crippen LogP) is 6.24. The van der Waals surface area contributed by atoms with Gasteiger partial charge in [-0.15, -0.1) is 0 Å². The molecule has 4 atom stereocenters. The molecule has 9 rings (SSSR count). The van der Waals surface area contributed by atoms with Crippen LogP contribution in [0.3, 0.4) is 0 Å². The fraction of sp³-hybridized carbons (Fsp3) is 0.139. The topological polar surface area (TPSA) is 82.1 Å². The zero-order valence-corrected chi connectivity index (χ0v) is 22.7. The number of ether oxygens (including phenoxy) is 3. The van der Waals surface area contributed by atoms with Gasteiger partial charge in [0.05, 0.1) is 23.4 Å². The molecule has 3 aliphatic heterocycles. The number of allylic oxidation sites excluding steroid dienone is 1. The van der Waals surface area contributed by atoms with Gasteiger partial charge >= 0.3 is 5.97 Å². The number of hydrogen-bond donors (Lipinski definition) is 0. The first-order valence-corrected chi connectivity index (χ1v) is 14.3. The largest absolute Gasteiger partial charge is 0.454 e. The first kappa shape index (κ1) is 24.2. The number of nitrogens with zero attached hydrogens (tertiary/aromatic N) is 1. The van der Waals surface area contributed by atoms with Crippen molar-refractivity contribution in [1.29, 1.82) is 0 Å². The Morgan fingerprint density at radius 2 is 1.35 bits per heavy atom. The Kier molecular flexibility index (Phi) is 4.94. The van der Waals surface area contributed by atoms with Gasteiger partial charge in [0.1, 0.15) is 5.75 Å². The molecule has 43 heavy (non-hydrogen) atoms. The molecule has 0 spiro atoms. The van der Waals surface area contributed by atoms with Crippen LogP contribution >= 0.6 is 0 Å². The molecule has 0 aromatic heterocycles. The lowest BCUT2D eigenvalue weighted by Gasteiger charge is -2.38. The molecule has 208 valence electrons. The molecule has 1 fully saturated rings. The number of rotatable bonds is 2. The van der Waals surface area contributed by atoms with Gasteiger partial charge < -0.3 is 14.2 Å². The number of hydrogen-bond acceptors (Lipinski definition) is 6. The van der Waals surface area contributed by atoms with E-state index in [0.717, 1.165) is 32.7 Å². The van der Waals surface area contributed by atoms with Crippen molar-refractivity contribution in [2.24, 2.45) is 17.8 Å². The predicted molar refractivity (Wildman–Crippen MR) is 160 cm³/mol. The van der Waals surface area contributed by atoms with Gasteiger partial charge in [-0.1, -0.05) is 78.9 Å². The Bertz CT molecular complexity index is 2090. The summed E-state index contributed by atoms with van der Waals surface area (Å²) in [6, 6.07) is 30.5. The molecule has 0 bridgehead atoms. The number of esters is 1. The van der Waals surface area contributed by atoms with Crippen molar-refractivity contribution >= 4 is 50.6 Å². The van der Waals surface area contributed by atoms with Crippen LogP contribution in [0.4, 0.5) is 5.69 Å². The van der Waals surface area contributed by atoms with E-state index >= 15 is 0 Å². The standard InChI is InChI=1S/C36H23NO6/c38-34-31-24(21-13-14-27-29(16-21)42-18-41-27)17-25-30-23-10-4-2-7-20(23)12-15-28(30)43-36(40)32(25)33(31)35(39)37(34)26-11-5-8-19-6-1-3-9-22(19)26/h1-17,24,31-33H,18H2/t24-,31+,32-,33+/m1/s1. The molecule has 0 saturated carbocycles. The Labute approximate surface area is 245 Å². The van der Waals surface area contributed by atoms with Crippen LogP contribution in [0.2, 0.25) is 0 Å². The molecule has 5 aromatic carbocycles. The first-order chi connectivity index (χ1) is 21.1. The third-order valence-corrected chi connectivity index (χ3v) is 9.27. The van der Waals surface area contributed by atoms with E-state index in [1.54, 1.807) is 12.1 Å². The Balaban J connectivity index is 1.28. The van der Waals surface area contributed by atoms with Crippen molar-refractivity contribution in [3.63, 3.8) is 0 Å². The molecule has 7 nitrogen and oxygen atoms in total. The minimum atomic E-state index is -0.943. The van der Waals surface area contributed by atoms with E-state index in [1.165, 1.54) is 4.90 Å². The van der Waals surface area contributed by atoms with Gasteiger partial charge in [0, 0.05) is 16.9 Å². The number of carbonyl (C=O) groups is 3. The molecular formula is C36H23NO6. The lowest BCUT2D eigenvalue weighted by Crippen LogP contribution is -2.42. The number of carbonyl (C=O) groups excluding carboxylic acids is 3. The summed E-state index contributed by atoms with van der Waals surface area (Å²) in [4.78, 5) is 44.2. The highest BCUT2D eigenvalue weighted by Crippen LogP contribution is 2.56. The maximum Gasteiger partial charge on any atom is 0.319 e. The fourth-order valence-corrected chi connectivity index (χ4v) is 7.42.